The van der Waals surface area contributed by atoms with Crippen LogP contribution in [0.2, 0.25) is 0 Å². The van der Waals surface area contributed by atoms with Gasteiger partial charge in [-0.05, 0) is 30.5 Å². The molecule has 0 aliphatic carbocycles. The first kappa shape index (κ1) is 14.1. The van der Waals surface area contributed by atoms with Crippen molar-refractivity contribution in [3.8, 4) is 5.75 Å². The number of halogens is 3. The van der Waals surface area contributed by atoms with Crippen LogP contribution in [0.25, 0.3) is 0 Å². The average molecular weight is 238 g/mol. The summed E-state index contributed by atoms with van der Waals surface area (Å²) in [7, 11) is 0. The minimum atomic E-state index is -2.58. The highest BCUT2D eigenvalue weighted by Gasteiger charge is 2.18. The first-order chi connectivity index (χ1) is 6.43. The number of phenolic OH excluding ortho intramolecular Hbond substituents is 1. The fraction of sp³-hybridized carbons (Fsp3) is 0.400. The predicted octanol–water partition coefficient (Wildman–Crippen LogP) is 2.70. The van der Waals surface area contributed by atoms with E-state index in [0.717, 1.165) is 0 Å². The van der Waals surface area contributed by atoms with Crippen LogP contribution in [0, 0.1) is 13.8 Å². The molecule has 1 aromatic carbocycles. The molecular weight excluding hydrogens is 224 g/mol. The van der Waals surface area contributed by atoms with Crippen LogP contribution in [-0.4, -0.2) is 11.5 Å². The van der Waals surface area contributed by atoms with Gasteiger partial charge in [-0.25, -0.2) is 8.78 Å². The van der Waals surface area contributed by atoms with Crippen LogP contribution in [0.5, 0.6) is 5.75 Å². The summed E-state index contributed by atoms with van der Waals surface area (Å²) in [6.07, 6.45) is -2.58. The number of rotatable bonds is 2. The van der Waals surface area contributed by atoms with E-state index in [0.29, 0.717) is 16.7 Å². The standard InChI is InChI=1S/C10H13F2NO.ClH/c1-5-3-7(8(13)10(11)12)4-6(2)9(5)14;/h3-4,8,10,14H,13H2,1-2H3;1H/t8-;/m1./s1. The summed E-state index contributed by atoms with van der Waals surface area (Å²) in [6, 6.07) is 1.69. The summed E-state index contributed by atoms with van der Waals surface area (Å²) >= 11 is 0. The summed E-state index contributed by atoms with van der Waals surface area (Å²) in [5, 5.41) is 9.42. The summed E-state index contributed by atoms with van der Waals surface area (Å²) in [5.74, 6) is 0.134. The van der Waals surface area contributed by atoms with E-state index in [-0.39, 0.29) is 18.2 Å². The topological polar surface area (TPSA) is 46.2 Å². The van der Waals surface area contributed by atoms with Crippen molar-refractivity contribution in [1.29, 1.82) is 0 Å². The molecule has 0 aliphatic heterocycles. The molecule has 86 valence electrons. The van der Waals surface area contributed by atoms with Gasteiger partial charge in [-0.15, -0.1) is 12.4 Å². The lowest BCUT2D eigenvalue weighted by atomic mass is 10.0. The Morgan fingerprint density at radius 1 is 1.20 bits per heavy atom. The highest BCUT2D eigenvalue weighted by atomic mass is 35.5. The average Bonchev–Trinajstić information content (AvgIpc) is 2.12. The quantitative estimate of drug-likeness (QED) is 0.831. The summed E-state index contributed by atoms with van der Waals surface area (Å²) in [6.45, 7) is 3.31. The van der Waals surface area contributed by atoms with Crippen LogP contribution in [-0.2, 0) is 0 Å². The van der Waals surface area contributed by atoms with Gasteiger partial charge < -0.3 is 10.8 Å². The van der Waals surface area contributed by atoms with E-state index in [1.54, 1.807) is 13.8 Å². The lowest BCUT2D eigenvalue weighted by Crippen LogP contribution is -2.19. The zero-order valence-corrected chi connectivity index (χ0v) is 9.31. The first-order valence-electron chi connectivity index (χ1n) is 4.27. The highest BCUT2D eigenvalue weighted by Crippen LogP contribution is 2.27. The lowest BCUT2D eigenvalue weighted by Gasteiger charge is -2.13. The molecule has 0 radical (unpaired) electrons. The van der Waals surface area contributed by atoms with Gasteiger partial charge in [0.1, 0.15) is 5.75 Å². The van der Waals surface area contributed by atoms with Gasteiger partial charge in [0.15, 0.2) is 0 Å². The molecule has 5 heteroatoms. The van der Waals surface area contributed by atoms with E-state index in [2.05, 4.69) is 0 Å². The fourth-order valence-corrected chi connectivity index (χ4v) is 1.33. The molecule has 1 rings (SSSR count). The number of hydrogen-bond acceptors (Lipinski definition) is 2. The molecule has 15 heavy (non-hydrogen) atoms. The first-order valence-corrected chi connectivity index (χ1v) is 4.27. The second-order valence-corrected chi connectivity index (χ2v) is 3.36. The molecule has 0 amide bonds. The molecular formula is C10H14ClF2NO. The Kier molecular flexibility index (Phi) is 4.97. The van der Waals surface area contributed by atoms with Gasteiger partial charge in [-0.3, -0.25) is 0 Å². The van der Waals surface area contributed by atoms with E-state index in [9.17, 15) is 13.9 Å². The van der Waals surface area contributed by atoms with E-state index < -0.39 is 12.5 Å². The van der Waals surface area contributed by atoms with Gasteiger partial charge in [0.25, 0.3) is 6.43 Å². The van der Waals surface area contributed by atoms with Gasteiger partial charge in [-0.2, -0.15) is 0 Å². The summed E-state index contributed by atoms with van der Waals surface area (Å²) in [5.41, 5.74) is 6.78. The third kappa shape index (κ3) is 3.04. The Morgan fingerprint density at radius 3 is 1.93 bits per heavy atom. The number of hydrogen-bond donors (Lipinski definition) is 2. The second kappa shape index (κ2) is 5.28. The van der Waals surface area contributed by atoms with Gasteiger partial charge in [0.2, 0.25) is 0 Å². The summed E-state index contributed by atoms with van der Waals surface area (Å²) < 4.78 is 24.6. The molecule has 0 spiro atoms. The molecule has 1 atom stereocenters. The van der Waals surface area contributed by atoms with Crippen LogP contribution in [0.4, 0.5) is 8.78 Å². The van der Waals surface area contributed by atoms with Crippen LogP contribution in [0.15, 0.2) is 12.1 Å². The smallest absolute Gasteiger partial charge is 0.257 e. The second-order valence-electron chi connectivity index (χ2n) is 3.36. The predicted molar refractivity (Wildman–Crippen MR) is 57.8 cm³/mol. The van der Waals surface area contributed by atoms with Crippen molar-refractivity contribution in [3.63, 3.8) is 0 Å². The minimum absolute atomic E-state index is 0. The molecule has 0 saturated heterocycles. The molecule has 0 aromatic heterocycles. The van der Waals surface area contributed by atoms with Crippen LogP contribution in [0.1, 0.15) is 22.7 Å². The highest BCUT2D eigenvalue weighted by molar-refractivity contribution is 5.85. The van der Waals surface area contributed by atoms with Crippen molar-refractivity contribution in [2.75, 3.05) is 0 Å². The van der Waals surface area contributed by atoms with E-state index in [1.807, 2.05) is 0 Å². The molecule has 3 N–H and O–H groups in total. The molecule has 2 nitrogen and oxygen atoms in total. The third-order valence-electron chi connectivity index (χ3n) is 2.17. The molecule has 0 unspecified atom stereocenters. The minimum Gasteiger partial charge on any atom is -0.507 e. The van der Waals surface area contributed by atoms with Gasteiger partial charge in [-0.1, -0.05) is 12.1 Å². The Labute approximate surface area is 93.5 Å². The Balaban J connectivity index is 0.00000196. The van der Waals surface area contributed by atoms with Crippen molar-refractivity contribution < 1.29 is 13.9 Å². The van der Waals surface area contributed by atoms with Gasteiger partial charge in [0, 0.05) is 0 Å². The molecule has 0 bridgehead atoms. The van der Waals surface area contributed by atoms with Crippen LogP contribution >= 0.6 is 12.4 Å². The van der Waals surface area contributed by atoms with E-state index in [4.69, 9.17) is 5.73 Å². The Bertz CT molecular complexity index is 321. The monoisotopic (exact) mass is 237 g/mol. The zero-order valence-electron chi connectivity index (χ0n) is 8.50. The van der Waals surface area contributed by atoms with E-state index >= 15 is 0 Å². The molecule has 0 saturated carbocycles. The number of aromatic hydroxyl groups is 1. The zero-order chi connectivity index (χ0) is 10.9. The number of alkyl halides is 2. The van der Waals surface area contributed by atoms with Crippen molar-refractivity contribution in [2.45, 2.75) is 26.3 Å². The summed E-state index contributed by atoms with van der Waals surface area (Å²) in [4.78, 5) is 0. The van der Waals surface area contributed by atoms with Crippen molar-refractivity contribution in [2.24, 2.45) is 5.73 Å². The van der Waals surface area contributed by atoms with Crippen molar-refractivity contribution in [1.82, 2.24) is 0 Å². The largest absolute Gasteiger partial charge is 0.507 e. The number of phenols is 1. The SMILES string of the molecule is Cc1cc([C@@H](N)C(F)F)cc(C)c1O.Cl. The Hall–Kier alpha value is -0.870. The van der Waals surface area contributed by atoms with Gasteiger partial charge >= 0.3 is 0 Å². The molecule has 0 heterocycles. The van der Waals surface area contributed by atoms with Gasteiger partial charge in [0.05, 0.1) is 6.04 Å². The maximum Gasteiger partial charge on any atom is 0.257 e. The number of nitrogens with two attached hydrogens (primary N) is 1. The molecule has 0 aliphatic rings. The van der Waals surface area contributed by atoms with Crippen LogP contribution < -0.4 is 5.73 Å². The van der Waals surface area contributed by atoms with Crippen LogP contribution in [0.3, 0.4) is 0 Å². The molecule has 0 fully saturated rings. The normalized spacial score (nSPS) is 12.4. The third-order valence-corrected chi connectivity index (χ3v) is 2.17. The molecule has 1 aromatic rings. The number of aryl methyl sites for hydroxylation is 2. The Morgan fingerprint density at radius 2 is 1.60 bits per heavy atom. The van der Waals surface area contributed by atoms with Crippen molar-refractivity contribution in [3.05, 3.63) is 28.8 Å². The fourth-order valence-electron chi connectivity index (χ4n) is 1.33. The maximum atomic E-state index is 12.3. The van der Waals surface area contributed by atoms with E-state index in [1.165, 1.54) is 12.1 Å². The maximum absolute atomic E-state index is 12.3. The number of benzene rings is 1. The lowest BCUT2D eigenvalue weighted by molar-refractivity contribution is 0.116. The van der Waals surface area contributed by atoms with Crippen molar-refractivity contribution >= 4 is 12.4 Å².